The lowest BCUT2D eigenvalue weighted by Gasteiger charge is -2.06. The van der Waals surface area contributed by atoms with Gasteiger partial charge in [0.25, 0.3) is 5.91 Å². The first-order valence-electron chi connectivity index (χ1n) is 8.47. The number of amides is 1. The van der Waals surface area contributed by atoms with Crippen molar-refractivity contribution in [1.29, 1.82) is 0 Å². The van der Waals surface area contributed by atoms with Crippen molar-refractivity contribution in [2.45, 2.75) is 26.8 Å². The van der Waals surface area contributed by atoms with E-state index in [-0.39, 0.29) is 5.91 Å². The zero-order valence-corrected chi connectivity index (χ0v) is 16.2. The van der Waals surface area contributed by atoms with Crippen molar-refractivity contribution in [3.05, 3.63) is 52.3 Å². The van der Waals surface area contributed by atoms with Crippen LogP contribution in [-0.4, -0.2) is 24.7 Å². The van der Waals surface area contributed by atoms with Gasteiger partial charge in [0.15, 0.2) is 4.80 Å². The number of hydrogen-bond donors (Lipinski definition) is 0. The van der Waals surface area contributed by atoms with Crippen molar-refractivity contribution in [2.75, 3.05) is 14.2 Å². The molecule has 0 aliphatic rings. The number of methoxy groups -OCH3 is 2. The highest BCUT2D eigenvalue weighted by Crippen LogP contribution is 2.23. The van der Waals surface area contributed by atoms with Crippen LogP contribution in [-0.2, 0) is 6.54 Å². The molecule has 2 aromatic carbocycles. The number of rotatable bonds is 5. The quantitative estimate of drug-likeness (QED) is 0.677. The smallest absolute Gasteiger partial charge is 0.279 e. The number of hydrogen-bond acceptors (Lipinski definition) is 4. The summed E-state index contributed by atoms with van der Waals surface area (Å²) in [6.45, 7) is 4.99. The van der Waals surface area contributed by atoms with Crippen molar-refractivity contribution >= 4 is 27.5 Å². The van der Waals surface area contributed by atoms with E-state index >= 15 is 0 Å². The second-order valence-electron chi connectivity index (χ2n) is 6.03. The fraction of sp³-hybridized carbons (Fsp3) is 0.300. The van der Waals surface area contributed by atoms with Gasteiger partial charge in [-0.3, -0.25) is 4.79 Å². The molecule has 1 heterocycles. The van der Waals surface area contributed by atoms with E-state index in [1.54, 1.807) is 32.4 Å². The third kappa shape index (κ3) is 3.65. The zero-order valence-electron chi connectivity index (χ0n) is 15.4. The number of carbonyl (C=O) groups excluding carboxylic acids is 1. The van der Waals surface area contributed by atoms with E-state index in [2.05, 4.69) is 41.6 Å². The fourth-order valence-corrected chi connectivity index (χ4v) is 3.94. The van der Waals surface area contributed by atoms with Gasteiger partial charge in [0.2, 0.25) is 0 Å². The molecule has 0 unspecified atom stereocenters. The summed E-state index contributed by atoms with van der Waals surface area (Å²) in [7, 11) is 3.12. The predicted octanol–water partition coefficient (Wildman–Crippen LogP) is 4.18. The first-order valence-corrected chi connectivity index (χ1v) is 9.29. The number of aromatic nitrogens is 1. The van der Waals surface area contributed by atoms with Crippen LogP contribution in [0, 0.1) is 6.92 Å². The van der Waals surface area contributed by atoms with Crippen LogP contribution in [0.1, 0.15) is 29.3 Å². The summed E-state index contributed by atoms with van der Waals surface area (Å²) in [5, 5.41) is 0. The molecule has 3 rings (SSSR count). The topological polar surface area (TPSA) is 52.8 Å². The number of carbonyl (C=O) groups is 1. The SMILES string of the molecule is CCCn1c(=NC(=O)c2cc(OC)cc(OC)c2)sc2cc(C)ccc21. The Morgan fingerprint density at radius 2 is 1.81 bits per heavy atom. The van der Waals surface area contributed by atoms with Gasteiger partial charge in [-0.15, -0.1) is 0 Å². The van der Waals surface area contributed by atoms with Gasteiger partial charge >= 0.3 is 0 Å². The van der Waals surface area contributed by atoms with Gasteiger partial charge in [-0.1, -0.05) is 24.3 Å². The Labute approximate surface area is 156 Å². The van der Waals surface area contributed by atoms with E-state index in [1.807, 2.05) is 0 Å². The first-order chi connectivity index (χ1) is 12.5. The van der Waals surface area contributed by atoms with Crippen molar-refractivity contribution < 1.29 is 14.3 Å². The molecule has 5 nitrogen and oxygen atoms in total. The Bertz CT molecular complexity index is 995. The van der Waals surface area contributed by atoms with Crippen LogP contribution >= 0.6 is 11.3 Å². The Morgan fingerprint density at radius 3 is 2.42 bits per heavy atom. The number of aryl methyl sites for hydroxylation is 2. The maximum absolute atomic E-state index is 12.8. The van der Waals surface area contributed by atoms with Gasteiger partial charge in [0, 0.05) is 18.2 Å². The summed E-state index contributed by atoms with van der Waals surface area (Å²) < 4.78 is 13.7. The molecule has 136 valence electrons. The molecule has 0 aliphatic heterocycles. The molecule has 0 atom stereocenters. The lowest BCUT2D eigenvalue weighted by molar-refractivity contribution is 0.0997. The Balaban J connectivity index is 2.12. The van der Waals surface area contributed by atoms with Crippen LogP contribution in [0.15, 0.2) is 41.4 Å². The van der Waals surface area contributed by atoms with E-state index in [4.69, 9.17) is 9.47 Å². The van der Waals surface area contributed by atoms with E-state index in [1.165, 1.54) is 16.9 Å². The van der Waals surface area contributed by atoms with Crippen LogP contribution < -0.4 is 14.3 Å². The second-order valence-corrected chi connectivity index (χ2v) is 7.03. The average Bonchev–Trinajstić information content (AvgIpc) is 2.97. The average molecular weight is 370 g/mol. The Hall–Kier alpha value is -2.60. The molecule has 0 saturated carbocycles. The zero-order chi connectivity index (χ0) is 18.7. The maximum Gasteiger partial charge on any atom is 0.279 e. The van der Waals surface area contributed by atoms with E-state index < -0.39 is 0 Å². The van der Waals surface area contributed by atoms with Crippen LogP contribution in [0.5, 0.6) is 11.5 Å². The molecule has 0 spiro atoms. The molecule has 6 heteroatoms. The first kappa shape index (κ1) is 18.2. The van der Waals surface area contributed by atoms with Crippen LogP contribution in [0.25, 0.3) is 10.2 Å². The summed E-state index contributed by atoms with van der Waals surface area (Å²) >= 11 is 1.53. The molecular weight excluding hydrogens is 348 g/mol. The predicted molar refractivity (Wildman–Crippen MR) is 104 cm³/mol. The Kier molecular flexibility index (Phi) is 5.42. The lowest BCUT2D eigenvalue weighted by atomic mass is 10.2. The molecule has 0 saturated heterocycles. The number of fused-ring (bicyclic) bond motifs is 1. The van der Waals surface area contributed by atoms with Crippen molar-refractivity contribution in [3.63, 3.8) is 0 Å². The number of benzene rings is 2. The summed E-state index contributed by atoms with van der Waals surface area (Å²) in [5.74, 6) is 0.822. The molecule has 3 aromatic rings. The fourth-order valence-electron chi connectivity index (χ4n) is 2.79. The van der Waals surface area contributed by atoms with E-state index in [0.717, 1.165) is 23.2 Å². The normalized spacial score (nSPS) is 11.8. The number of nitrogens with zero attached hydrogens (tertiary/aromatic N) is 2. The molecule has 26 heavy (non-hydrogen) atoms. The van der Waals surface area contributed by atoms with Crippen LogP contribution in [0.4, 0.5) is 0 Å². The van der Waals surface area contributed by atoms with Gasteiger partial charge in [0.05, 0.1) is 24.4 Å². The van der Waals surface area contributed by atoms with E-state index in [9.17, 15) is 4.79 Å². The molecule has 0 bridgehead atoms. The van der Waals surface area contributed by atoms with Crippen LogP contribution in [0.3, 0.4) is 0 Å². The minimum Gasteiger partial charge on any atom is -0.497 e. The molecule has 1 amide bonds. The molecule has 0 N–H and O–H groups in total. The van der Waals surface area contributed by atoms with Gasteiger partial charge in [0.1, 0.15) is 11.5 Å². The summed E-state index contributed by atoms with van der Waals surface area (Å²) in [4.78, 5) is 17.9. The van der Waals surface area contributed by atoms with Gasteiger partial charge in [-0.2, -0.15) is 4.99 Å². The summed E-state index contributed by atoms with van der Waals surface area (Å²) in [6, 6.07) is 11.4. The highest BCUT2D eigenvalue weighted by Gasteiger charge is 2.11. The van der Waals surface area contributed by atoms with Gasteiger partial charge in [-0.25, -0.2) is 0 Å². The largest absolute Gasteiger partial charge is 0.497 e. The molecule has 1 aromatic heterocycles. The maximum atomic E-state index is 12.8. The minimum absolute atomic E-state index is 0.310. The summed E-state index contributed by atoms with van der Waals surface area (Å²) in [6.07, 6.45) is 0.966. The van der Waals surface area contributed by atoms with Gasteiger partial charge < -0.3 is 14.0 Å². The highest BCUT2D eigenvalue weighted by molar-refractivity contribution is 7.16. The lowest BCUT2D eigenvalue weighted by Crippen LogP contribution is -2.16. The van der Waals surface area contributed by atoms with Crippen molar-refractivity contribution in [3.8, 4) is 11.5 Å². The number of ether oxygens (including phenoxy) is 2. The van der Waals surface area contributed by atoms with Crippen LogP contribution in [0.2, 0.25) is 0 Å². The molecule has 0 aliphatic carbocycles. The van der Waals surface area contributed by atoms with Gasteiger partial charge in [-0.05, 0) is 43.2 Å². The molecule has 0 fully saturated rings. The minimum atomic E-state index is -0.310. The summed E-state index contributed by atoms with van der Waals surface area (Å²) in [5.41, 5.74) is 2.74. The van der Waals surface area contributed by atoms with Crippen molar-refractivity contribution in [1.82, 2.24) is 4.57 Å². The third-order valence-electron chi connectivity index (χ3n) is 4.08. The standard InChI is InChI=1S/C20H22N2O3S/c1-5-8-22-17-7-6-13(2)9-18(17)26-20(22)21-19(23)14-10-15(24-3)12-16(11-14)25-4/h6-7,9-12H,5,8H2,1-4H3. The second kappa shape index (κ2) is 7.74. The van der Waals surface area contributed by atoms with Crippen molar-refractivity contribution in [2.24, 2.45) is 4.99 Å². The third-order valence-corrected chi connectivity index (χ3v) is 5.12. The monoisotopic (exact) mass is 370 g/mol. The van der Waals surface area contributed by atoms with E-state index in [0.29, 0.717) is 21.9 Å². The molecule has 0 radical (unpaired) electrons. The number of thiazole rings is 1. The highest BCUT2D eigenvalue weighted by atomic mass is 32.1. The molecular formula is C20H22N2O3S. The Morgan fingerprint density at radius 1 is 1.12 bits per heavy atom.